The zero-order chi connectivity index (χ0) is 9.26. The van der Waals surface area contributed by atoms with E-state index in [1.165, 1.54) is 19.2 Å². The first-order chi connectivity index (χ1) is 6.33. The predicted molar refractivity (Wildman–Crippen MR) is 68.4 cm³/mol. The Hall–Kier alpha value is -0.220. The van der Waals surface area contributed by atoms with Crippen molar-refractivity contribution in [2.75, 3.05) is 6.26 Å². The Balaban J connectivity index is 2.84. The lowest BCUT2D eigenvalue weighted by Gasteiger charge is -2.05. The minimum Gasteiger partial charge on any atom is -0.128 e. The number of rotatable bonds is 1. The van der Waals surface area contributed by atoms with Gasteiger partial charge in [-0.1, -0.05) is 30.3 Å². The Morgan fingerprint density at radius 2 is 1.85 bits per heavy atom. The van der Waals surface area contributed by atoms with Crippen LogP contribution in [0.15, 0.2) is 41.3 Å². The molecule has 2 rings (SSSR count). The van der Waals surface area contributed by atoms with Gasteiger partial charge in [0.2, 0.25) is 0 Å². The van der Waals surface area contributed by atoms with Gasteiger partial charge >= 0.3 is 0 Å². The minimum atomic E-state index is 1.33. The number of fused-ring (bicyclic) bond motifs is 1. The van der Waals surface area contributed by atoms with Crippen molar-refractivity contribution in [1.82, 2.24) is 0 Å². The van der Waals surface area contributed by atoms with Crippen molar-refractivity contribution in [3.05, 3.63) is 40.0 Å². The van der Waals surface area contributed by atoms with E-state index in [4.69, 9.17) is 0 Å². The predicted octanol–water partition coefficient (Wildman–Crippen LogP) is 4.17. The normalized spacial score (nSPS) is 10.6. The highest BCUT2D eigenvalue weighted by Gasteiger charge is 2.02. The molecule has 0 amide bonds. The summed E-state index contributed by atoms with van der Waals surface area (Å²) in [4.78, 5) is 1.39. The van der Waals surface area contributed by atoms with Gasteiger partial charge in [0.25, 0.3) is 0 Å². The van der Waals surface area contributed by atoms with Crippen molar-refractivity contribution in [3.63, 3.8) is 0 Å². The van der Waals surface area contributed by atoms with E-state index in [2.05, 4.69) is 65.2 Å². The van der Waals surface area contributed by atoms with Crippen molar-refractivity contribution in [2.24, 2.45) is 0 Å². The van der Waals surface area contributed by atoms with E-state index >= 15 is 0 Å². The molecule has 0 heterocycles. The zero-order valence-electron chi connectivity index (χ0n) is 7.25. The van der Waals surface area contributed by atoms with Crippen molar-refractivity contribution >= 4 is 45.1 Å². The van der Waals surface area contributed by atoms with E-state index < -0.39 is 0 Å². The molecular formula is C11H9IS. The van der Waals surface area contributed by atoms with E-state index in [0.717, 1.165) is 0 Å². The highest BCUT2D eigenvalue weighted by atomic mass is 127. The third-order valence-corrected chi connectivity index (χ3v) is 4.15. The number of hydrogen-bond donors (Lipinski definition) is 0. The van der Waals surface area contributed by atoms with Gasteiger partial charge < -0.3 is 0 Å². The molecular weight excluding hydrogens is 291 g/mol. The molecule has 0 aromatic heterocycles. The molecule has 0 fully saturated rings. The summed E-state index contributed by atoms with van der Waals surface area (Å²) in [6.07, 6.45) is 2.13. The highest BCUT2D eigenvalue weighted by molar-refractivity contribution is 14.1. The van der Waals surface area contributed by atoms with Gasteiger partial charge in [-0.15, -0.1) is 11.8 Å². The zero-order valence-corrected chi connectivity index (χ0v) is 10.2. The fourth-order valence-corrected chi connectivity index (χ4v) is 3.22. The Morgan fingerprint density at radius 3 is 2.62 bits per heavy atom. The molecule has 0 saturated carbocycles. The molecule has 0 bridgehead atoms. The largest absolute Gasteiger partial charge is 0.128 e. The van der Waals surface area contributed by atoms with Crippen LogP contribution in [0.4, 0.5) is 0 Å². The smallest absolute Gasteiger partial charge is 0.0281 e. The molecule has 0 unspecified atom stereocenters. The van der Waals surface area contributed by atoms with Crippen molar-refractivity contribution < 1.29 is 0 Å². The average molecular weight is 300 g/mol. The van der Waals surface area contributed by atoms with Gasteiger partial charge in [0, 0.05) is 8.47 Å². The second kappa shape index (κ2) is 3.88. The van der Waals surface area contributed by atoms with Gasteiger partial charge in [-0.05, 0) is 45.7 Å². The lowest BCUT2D eigenvalue weighted by Crippen LogP contribution is -1.81. The summed E-state index contributed by atoms with van der Waals surface area (Å²) in [7, 11) is 0. The SMILES string of the molecule is CSc1c(I)ccc2ccccc12. The van der Waals surface area contributed by atoms with Gasteiger partial charge in [-0.2, -0.15) is 0 Å². The molecule has 0 radical (unpaired) electrons. The fraction of sp³-hybridized carbons (Fsp3) is 0.0909. The Kier molecular flexibility index (Phi) is 2.79. The van der Waals surface area contributed by atoms with E-state index in [9.17, 15) is 0 Å². The third-order valence-electron chi connectivity index (χ3n) is 2.04. The molecule has 2 heteroatoms. The average Bonchev–Trinajstić information content (AvgIpc) is 2.18. The molecule has 0 nitrogen and oxygen atoms in total. The van der Waals surface area contributed by atoms with E-state index in [0.29, 0.717) is 0 Å². The van der Waals surface area contributed by atoms with Crippen molar-refractivity contribution in [2.45, 2.75) is 4.90 Å². The first-order valence-corrected chi connectivity index (χ1v) is 6.34. The molecule has 66 valence electrons. The fourth-order valence-electron chi connectivity index (χ4n) is 1.42. The van der Waals surface area contributed by atoms with E-state index in [1.807, 2.05) is 11.8 Å². The monoisotopic (exact) mass is 300 g/mol. The second-order valence-corrected chi connectivity index (χ2v) is 4.78. The molecule has 0 atom stereocenters. The Morgan fingerprint density at radius 1 is 1.08 bits per heavy atom. The molecule has 2 aromatic rings. The summed E-state index contributed by atoms with van der Waals surface area (Å²) in [6.45, 7) is 0. The molecule has 2 aromatic carbocycles. The first kappa shape index (κ1) is 9.34. The molecule has 0 aliphatic heterocycles. The van der Waals surface area contributed by atoms with Gasteiger partial charge in [-0.3, -0.25) is 0 Å². The van der Waals surface area contributed by atoms with Crippen molar-refractivity contribution in [3.8, 4) is 0 Å². The van der Waals surface area contributed by atoms with Crippen LogP contribution in [0.2, 0.25) is 0 Å². The van der Waals surface area contributed by atoms with E-state index in [1.54, 1.807) is 0 Å². The minimum absolute atomic E-state index is 1.33. The standard InChI is InChI=1S/C11H9IS/c1-13-11-9-5-3-2-4-8(9)6-7-10(11)12/h2-7H,1H3. The van der Waals surface area contributed by atoms with Crippen LogP contribution in [-0.4, -0.2) is 6.26 Å². The summed E-state index contributed by atoms with van der Waals surface area (Å²) < 4.78 is 1.34. The van der Waals surface area contributed by atoms with E-state index in [-0.39, 0.29) is 0 Å². The van der Waals surface area contributed by atoms with Crippen LogP contribution in [0.1, 0.15) is 0 Å². The lowest BCUT2D eigenvalue weighted by molar-refractivity contribution is 1.48. The van der Waals surface area contributed by atoms with Gasteiger partial charge in [-0.25, -0.2) is 0 Å². The van der Waals surface area contributed by atoms with Crippen LogP contribution in [0, 0.1) is 3.57 Å². The maximum absolute atomic E-state index is 2.39. The van der Waals surface area contributed by atoms with Crippen LogP contribution < -0.4 is 0 Å². The highest BCUT2D eigenvalue weighted by Crippen LogP contribution is 2.30. The number of hydrogen-bond acceptors (Lipinski definition) is 1. The summed E-state index contributed by atoms with van der Waals surface area (Å²) in [5.74, 6) is 0. The first-order valence-electron chi connectivity index (χ1n) is 4.04. The summed E-state index contributed by atoms with van der Waals surface area (Å²) >= 11 is 4.21. The maximum atomic E-state index is 2.39. The second-order valence-electron chi connectivity index (χ2n) is 2.80. The Bertz CT molecular complexity index is 437. The maximum Gasteiger partial charge on any atom is 0.0281 e. The number of benzene rings is 2. The lowest BCUT2D eigenvalue weighted by atomic mass is 10.1. The third kappa shape index (κ3) is 1.70. The van der Waals surface area contributed by atoms with Gasteiger partial charge in [0.15, 0.2) is 0 Å². The van der Waals surface area contributed by atoms with Crippen LogP contribution >= 0.6 is 34.4 Å². The van der Waals surface area contributed by atoms with Crippen molar-refractivity contribution in [1.29, 1.82) is 0 Å². The molecule has 0 N–H and O–H groups in total. The summed E-state index contributed by atoms with van der Waals surface area (Å²) in [6, 6.07) is 12.9. The molecule has 13 heavy (non-hydrogen) atoms. The quantitative estimate of drug-likeness (QED) is 0.563. The summed E-state index contributed by atoms with van der Waals surface area (Å²) in [5.41, 5.74) is 0. The van der Waals surface area contributed by atoms with Gasteiger partial charge in [0.05, 0.1) is 0 Å². The topological polar surface area (TPSA) is 0 Å². The summed E-state index contributed by atoms with van der Waals surface area (Å²) in [5, 5.41) is 2.69. The van der Waals surface area contributed by atoms with Crippen LogP contribution in [-0.2, 0) is 0 Å². The van der Waals surface area contributed by atoms with Crippen LogP contribution in [0.25, 0.3) is 10.8 Å². The Labute approximate surface area is 95.9 Å². The number of halogens is 1. The molecule has 0 aliphatic rings. The molecule has 0 spiro atoms. The molecule has 0 saturated heterocycles. The molecule has 0 aliphatic carbocycles. The van der Waals surface area contributed by atoms with Gasteiger partial charge in [0.1, 0.15) is 0 Å². The van der Waals surface area contributed by atoms with Crippen LogP contribution in [0.3, 0.4) is 0 Å². The van der Waals surface area contributed by atoms with Crippen LogP contribution in [0.5, 0.6) is 0 Å². The number of thioether (sulfide) groups is 1.